The minimum absolute atomic E-state index is 0.0399. The van der Waals surface area contributed by atoms with Gasteiger partial charge in [0.25, 0.3) is 5.91 Å². The standard InChI is InChI=1S/C19H19N5O5S2/c1-10-15(17(30-4)24-16(20-10)11-6-5-7-31-11)18(26)29-9-12(25)21-19-22-13(27-2)8-14(23-19)28-3/h5-8H,9H2,1-4H3,(H,21,22,23,25). The van der Waals surface area contributed by atoms with Crippen LogP contribution in [0.15, 0.2) is 28.6 Å². The zero-order chi connectivity index (χ0) is 22.4. The van der Waals surface area contributed by atoms with Crippen molar-refractivity contribution in [3.63, 3.8) is 0 Å². The molecule has 0 aromatic carbocycles. The van der Waals surface area contributed by atoms with Crippen molar-refractivity contribution < 1.29 is 23.8 Å². The van der Waals surface area contributed by atoms with Gasteiger partial charge in [-0.25, -0.2) is 14.8 Å². The van der Waals surface area contributed by atoms with E-state index in [9.17, 15) is 9.59 Å². The zero-order valence-electron chi connectivity index (χ0n) is 17.2. The summed E-state index contributed by atoms with van der Waals surface area (Å²) in [5, 5.41) is 4.84. The second-order valence-electron chi connectivity index (χ2n) is 5.89. The third-order valence-corrected chi connectivity index (χ3v) is 5.43. The molecule has 3 heterocycles. The van der Waals surface area contributed by atoms with E-state index >= 15 is 0 Å². The highest BCUT2D eigenvalue weighted by Gasteiger charge is 2.22. The normalized spacial score (nSPS) is 10.5. The van der Waals surface area contributed by atoms with Crippen LogP contribution in [0.4, 0.5) is 5.95 Å². The van der Waals surface area contributed by atoms with Crippen molar-refractivity contribution in [3.8, 4) is 22.5 Å². The molecule has 162 valence electrons. The quantitative estimate of drug-likeness (QED) is 0.304. The van der Waals surface area contributed by atoms with Gasteiger partial charge in [0, 0.05) is 0 Å². The van der Waals surface area contributed by atoms with Gasteiger partial charge in [-0.1, -0.05) is 6.07 Å². The van der Waals surface area contributed by atoms with Crippen molar-refractivity contribution in [3.05, 3.63) is 34.8 Å². The lowest BCUT2D eigenvalue weighted by molar-refractivity contribution is -0.119. The van der Waals surface area contributed by atoms with Gasteiger partial charge in [-0.3, -0.25) is 10.1 Å². The van der Waals surface area contributed by atoms with Crippen LogP contribution < -0.4 is 14.8 Å². The average Bonchev–Trinajstić information content (AvgIpc) is 3.31. The van der Waals surface area contributed by atoms with E-state index in [-0.39, 0.29) is 23.3 Å². The molecule has 0 fully saturated rings. The molecule has 0 saturated carbocycles. The number of rotatable bonds is 8. The first kappa shape index (κ1) is 22.4. The summed E-state index contributed by atoms with van der Waals surface area (Å²) in [6.07, 6.45) is 1.80. The number of carbonyl (C=O) groups excluding carboxylic acids is 2. The predicted molar refractivity (Wildman–Crippen MR) is 116 cm³/mol. The molecule has 0 aliphatic carbocycles. The average molecular weight is 462 g/mol. The molecule has 0 atom stereocenters. The van der Waals surface area contributed by atoms with Crippen LogP contribution in [0.25, 0.3) is 10.7 Å². The highest BCUT2D eigenvalue weighted by molar-refractivity contribution is 7.98. The maximum atomic E-state index is 12.6. The number of hydrogen-bond acceptors (Lipinski definition) is 11. The number of nitrogens with one attached hydrogen (secondary N) is 1. The van der Waals surface area contributed by atoms with E-state index in [2.05, 4.69) is 25.3 Å². The molecule has 0 spiro atoms. The molecular weight excluding hydrogens is 442 g/mol. The Balaban J connectivity index is 1.70. The van der Waals surface area contributed by atoms with Crippen molar-refractivity contribution in [2.75, 3.05) is 32.4 Å². The molecule has 0 radical (unpaired) electrons. The maximum absolute atomic E-state index is 12.6. The van der Waals surface area contributed by atoms with Gasteiger partial charge in [0.05, 0.1) is 30.9 Å². The van der Waals surface area contributed by atoms with Gasteiger partial charge in [-0.2, -0.15) is 9.97 Å². The molecule has 3 rings (SSSR count). The Labute approximate surface area is 186 Å². The minimum Gasteiger partial charge on any atom is -0.481 e. The van der Waals surface area contributed by atoms with Crippen molar-refractivity contribution in [1.82, 2.24) is 19.9 Å². The first-order chi connectivity index (χ1) is 14.9. The topological polar surface area (TPSA) is 125 Å². The first-order valence-electron chi connectivity index (χ1n) is 8.85. The largest absolute Gasteiger partial charge is 0.481 e. The van der Waals surface area contributed by atoms with Gasteiger partial charge in [-0.05, 0) is 24.6 Å². The maximum Gasteiger partial charge on any atom is 0.343 e. The van der Waals surface area contributed by atoms with Gasteiger partial charge in [0.2, 0.25) is 17.7 Å². The molecule has 0 saturated heterocycles. The second kappa shape index (κ2) is 10.2. The zero-order valence-corrected chi connectivity index (χ0v) is 18.8. The van der Waals surface area contributed by atoms with Crippen LogP contribution in [0.3, 0.4) is 0 Å². The highest BCUT2D eigenvalue weighted by atomic mass is 32.2. The summed E-state index contributed by atoms with van der Waals surface area (Å²) >= 11 is 2.80. The van der Waals surface area contributed by atoms with E-state index in [1.165, 1.54) is 43.4 Å². The van der Waals surface area contributed by atoms with E-state index in [0.29, 0.717) is 16.5 Å². The molecular formula is C19H19N5O5S2. The van der Waals surface area contributed by atoms with Crippen molar-refractivity contribution in [1.29, 1.82) is 0 Å². The molecule has 31 heavy (non-hydrogen) atoms. The van der Waals surface area contributed by atoms with Gasteiger partial charge >= 0.3 is 5.97 Å². The third kappa shape index (κ3) is 5.47. The summed E-state index contributed by atoms with van der Waals surface area (Å²) in [6.45, 7) is 1.16. The Morgan fingerprint density at radius 2 is 1.84 bits per heavy atom. The van der Waals surface area contributed by atoms with Crippen LogP contribution >= 0.6 is 23.1 Å². The molecule has 3 aromatic rings. The number of nitrogens with zero attached hydrogens (tertiary/aromatic N) is 4. The summed E-state index contributed by atoms with van der Waals surface area (Å²) in [6, 6.07) is 5.27. The minimum atomic E-state index is -0.695. The van der Waals surface area contributed by atoms with Crippen LogP contribution in [-0.2, 0) is 9.53 Å². The van der Waals surface area contributed by atoms with Crippen LogP contribution in [-0.4, -0.2) is 58.9 Å². The Morgan fingerprint density at radius 3 is 2.42 bits per heavy atom. The second-order valence-corrected chi connectivity index (χ2v) is 7.64. The molecule has 0 aliphatic rings. The molecule has 3 aromatic heterocycles. The Hall–Kier alpha value is -3.25. The number of thiophene rings is 1. The Bertz CT molecular complexity index is 1070. The lowest BCUT2D eigenvalue weighted by atomic mass is 10.2. The van der Waals surface area contributed by atoms with Crippen molar-refractivity contribution >= 4 is 40.9 Å². The SMILES string of the molecule is COc1cc(OC)nc(NC(=O)COC(=O)c2c(C)nc(-c3cccs3)nc2SC)n1. The van der Waals surface area contributed by atoms with Crippen LogP contribution in [0.5, 0.6) is 11.8 Å². The Morgan fingerprint density at radius 1 is 1.13 bits per heavy atom. The number of anilines is 1. The molecule has 12 heteroatoms. The third-order valence-electron chi connectivity index (χ3n) is 3.88. The number of esters is 1. The number of aromatic nitrogens is 4. The van der Waals surface area contributed by atoms with Crippen LogP contribution in [0.1, 0.15) is 16.1 Å². The van der Waals surface area contributed by atoms with Gasteiger partial charge < -0.3 is 14.2 Å². The lowest BCUT2D eigenvalue weighted by Crippen LogP contribution is -2.23. The fourth-order valence-corrected chi connectivity index (χ4v) is 3.75. The summed E-state index contributed by atoms with van der Waals surface area (Å²) in [5.74, 6) is -0.399. The molecule has 1 N–H and O–H groups in total. The molecule has 0 bridgehead atoms. The van der Waals surface area contributed by atoms with E-state index in [0.717, 1.165) is 4.88 Å². The smallest absolute Gasteiger partial charge is 0.343 e. The van der Waals surface area contributed by atoms with Gasteiger partial charge in [0.15, 0.2) is 12.4 Å². The summed E-state index contributed by atoms with van der Waals surface area (Å²) in [5.41, 5.74) is 0.689. The van der Waals surface area contributed by atoms with E-state index in [4.69, 9.17) is 14.2 Å². The fraction of sp³-hybridized carbons (Fsp3) is 0.263. The fourth-order valence-electron chi connectivity index (χ4n) is 2.48. The summed E-state index contributed by atoms with van der Waals surface area (Å²) < 4.78 is 15.2. The monoisotopic (exact) mass is 461 g/mol. The van der Waals surface area contributed by atoms with E-state index in [1.807, 2.05) is 17.5 Å². The van der Waals surface area contributed by atoms with E-state index < -0.39 is 18.5 Å². The molecule has 1 amide bonds. The predicted octanol–water partition coefficient (Wildman–Crippen LogP) is 2.84. The molecule has 10 nitrogen and oxygen atoms in total. The highest BCUT2D eigenvalue weighted by Crippen LogP contribution is 2.27. The van der Waals surface area contributed by atoms with Crippen molar-refractivity contribution in [2.24, 2.45) is 0 Å². The van der Waals surface area contributed by atoms with Crippen molar-refractivity contribution in [2.45, 2.75) is 11.9 Å². The summed E-state index contributed by atoms with van der Waals surface area (Å²) in [7, 11) is 2.85. The number of ether oxygens (including phenoxy) is 3. The number of methoxy groups -OCH3 is 2. The van der Waals surface area contributed by atoms with Crippen LogP contribution in [0, 0.1) is 6.92 Å². The molecule has 0 unspecified atom stereocenters. The number of thioether (sulfide) groups is 1. The number of carbonyl (C=O) groups is 2. The number of aryl methyl sites for hydroxylation is 1. The van der Waals surface area contributed by atoms with Gasteiger partial charge in [-0.15, -0.1) is 23.1 Å². The lowest BCUT2D eigenvalue weighted by Gasteiger charge is -2.11. The summed E-state index contributed by atoms with van der Waals surface area (Å²) in [4.78, 5) is 42.6. The number of amides is 1. The first-order valence-corrected chi connectivity index (χ1v) is 11.0. The molecule has 0 aliphatic heterocycles. The number of hydrogen-bond donors (Lipinski definition) is 1. The van der Waals surface area contributed by atoms with Gasteiger partial charge in [0.1, 0.15) is 10.6 Å². The van der Waals surface area contributed by atoms with Crippen LogP contribution in [0.2, 0.25) is 0 Å². The Kier molecular flexibility index (Phi) is 7.36. The van der Waals surface area contributed by atoms with E-state index in [1.54, 1.807) is 13.2 Å².